The first-order valence-electron chi connectivity index (χ1n) is 8.76. The van der Waals surface area contributed by atoms with Gasteiger partial charge in [-0.3, -0.25) is 4.57 Å². The van der Waals surface area contributed by atoms with Crippen molar-refractivity contribution < 1.29 is 0 Å². The number of halogens is 1. The first kappa shape index (κ1) is 15.4. The summed E-state index contributed by atoms with van der Waals surface area (Å²) in [6, 6.07) is 25.9. The third-order valence-corrected chi connectivity index (χ3v) is 6.78. The third-order valence-electron chi connectivity index (χ3n) is 5.12. The number of aromatic nitrogens is 2. The van der Waals surface area contributed by atoms with Crippen LogP contribution in [0.1, 0.15) is 0 Å². The average molecular weight is 429 g/mol. The third kappa shape index (κ3) is 2.14. The summed E-state index contributed by atoms with van der Waals surface area (Å²) in [7, 11) is 0. The van der Waals surface area contributed by atoms with Crippen molar-refractivity contribution in [3.05, 3.63) is 83.5 Å². The number of pyridine rings is 1. The number of nitrogens with zero attached hydrogens (tertiary/aromatic N) is 2. The number of thiophene rings is 1. The molecule has 0 fully saturated rings. The Kier molecular flexibility index (Phi) is 3.22. The molecule has 6 aromatic rings. The Morgan fingerprint density at radius 2 is 1.52 bits per heavy atom. The fourth-order valence-electron chi connectivity index (χ4n) is 3.97. The van der Waals surface area contributed by atoms with Gasteiger partial charge in [0.15, 0.2) is 0 Å². The molecule has 0 atom stereocenters. The van der Waals surface area contributed by atoms with Crippen LogP contribution in [0.2, 0.25) is 0 Å². The largest absolute Gasteiger partial charge is 0.292 e. The second-order valence-corrected chi connectivity index (χ2v) is 8.59. The number of fused-ring (bicyclic) bond motifs is 7. The minimum absolute atomic E-state index is 0.939. The van der Waals surface area contributed by atoms with E-state index in [4.69, 9.17) is 4.98 Å². The topological polar surface area (TPSA) is 17.8 Å². The van der Waals surface area contributed by atoms with Crippen molar-refractivity contribution in [1.82, 2.24) is 9.55 Å². The molecule has 128 valence electrons. The van der Waals surface area contributed by atoms with Crippen molar-refractivity contribution in [2.24, 2.45) is 0 Å². The molecule has 27 heavy (non-hydrogen) atoms. The summed E-state index contributed by atoms with van der Waals surface area (Å²) in [5.41, 5.74) is 2.43. The van der Waals surface area contributed by atoms with Gasteiger partial charge in [-0.1, -0.05) is 48.5 Å². The quantitative estimate of drug-likeness (QED) is 0.268. The van der Waals surface area contributed by atoms with E-state index in [9.17, 15) is 0 Å². The number of rotatable bonds is 1. The van der Waals surface area contributed by atoms with Crippen LogP contribution in [0.5, 0.6) is 0 Å². The van der Waals surface area contributed by atoms with Gasteiger partial charge in [-0.2, -0.15) is 0 Å². The number of hydrogen-bond acceptors (Lipinski definition) is 2. The van der Waals surface area contributed by atoms with Crippen molar-refractivity contribution in [3.8, 4) is 5.82 Å². The van der Waals surface area contributed by atoms with E-state index in [1.807, 2.05) is 23.6 Å². The molecular formula is C23H13BrN2S. The molecule has 0 unspecified atom stereocenters. The molecule has 3 aromatic carbocycles. The van der Waals surface area contributed by atoms with Crippen LogP contribution >= 0.6 is 27.3 Å². The predicted octanol–water partition coefficient (Wildman–Crippen LogP) is 7.31. The van der Waals surface area contributed by atoms with Crippen LogP contribution in [-0.4, -0.2) is 9.55 Å². The SMILES string of the molecule is Brc1ccc(-n2c3ccccc3c3ccc4c5ccccc5sc4c32)nc1. The minimum atomic E-state index is 0.939. The fraction of sp³-hybridized carbons (Fsp3) is 0. The van der Waals surface area contributed by atoms with Crippen molar-refractivity contribution >= 4 is 69.2 Å². The molecule has 0 aliphatic carbocycles. The lowest BCUT2D eigenvalue weighted by Crippen LogP contribution is -1.96. The molecule has 0 saturated carbocycles. The fourth-order valence-corrected chi connectivity index (χ4v) is 5.44. The summed E-state index contributed by atoms with van der Waals surface area (Å²) in [4.78, 5) is 4.70. The molecule has 0 spiro atoms. The van der Waals surface area contributed by atoms with Crippen molar-refractivity contribution in [3.63, 3.8) is 0 Å². The van der Waals surface area contributed by atoms with E-state index in [1.165, 1.54) is 42.0 Å². The Morgan fingerprint density at radius 1 is 0.741 bits per heavy atom. The van der Waals surface area contributed by atoms with Gasteiger partial charge in [-0.15, -0.1) is 11.3 Å². The molecule has 0 aliphatic heterocycles. The van der Waals surface area contributed by atoms with Crippen LogP contribution < -0.4 is 0 Å². The van der Waals surface area contributed by atoms with Crippen LogP contribution in [-0.2, 0) is 0 Å². The molecule has 3 heterocycles. The summed E-state index contributed by atoms with van der Waals surface area (Å²) in [6.07, 6.45) is 1.86. The van der Waals surface area contributed by atoms with Gasteiger partial charge in [0.1, 0.15) is 5.82 Å². The number of para-hydroxylation sites is 1. The van der Waals surface area contributed by atoms with E-state index in [0.29, 0.717) is 0 Å². The lowest BCUT2D eigenvalue weighted by Gasteiger charge is -2.07. The molecule has 0 amide bonds. The first-order valence-corrected chi connectivity index (χ1v) is 10.4. The highest BCUT2D eigenvalue weighted by atomic mass is 79.9. The van der Waals surface area contributed by atoms with Gasteiger partial charge >= 0.3 is 0 Å². The van der Waals surface area contributed by atoms with Crippen LogP contribution in [0.15, 0.2) is 83.5 Å². The summed E-state index contributed by atoms with van der Waals surface area (Å²) in [5, 5.41) is 5.16. The highest BCUT2D eigenvalue weighted by molar-refractivity contribution is 9.10. The lowest BCUT2D eigenvalue weighted by atomic mass is 10.1. The lowest BCUT2D eigenvalue weighted by molar-refractivity contribution is 1.08. The van der Waals surface area contributed by atoms with Gasteiger partial charge < -0.3 is 0 Å². The maximum Gasteiger partial charge on any atom is 0.137 e. The molecule has 6 rings (SSSR count). The Morgan fingerprint density at radius 3 is 2.37 bits per heavy atom. The first-order chi connectivity index (χ1) is 13.3. The van der Waals surface area contributed by atoms with E-state index < -0.39 is 0 Å². The van der Waals surface area contributed by atoms with Crippen molar-refractivity contribution in [1.29, 1.82) is 0 Å². The van der Waals surface area contributed by atoms with Crippen molar-refractivity contribution in [2.75, 3.05) is 0 Å². The summed E-state index contributed by atoms with van der Waals surface area (Å²) in [5.74, 6) is 0.939. The zero-order valence-electron chi connectivity index (χ0n) is 14.2. The van der Waals surface area contributed by atoms with Gasteiger partial charge in [0.2, 0.25) is 0 Å². The van der Waals surface area contributed by atoms with Gasteiger partial charge in [-0.25, -0.2) is 4.98 Å². The van der Waals surface area contributed by atoms with E-state index >= 15 is 0 Å². The number of hydrogen-bond donors (Lipinski definition) is 0. The van der Waals surface area contributed by atoms with Crippen LogP contribution in [0.25, 0.3) is 47.8 Å². The van der Waals surface area contributed by atoms with Crippen LogP contribution in [0.4, 0.5) is 0 Å². The molecule has 0 radical (unpaired) electrons. The molecule has 3 aromatic heterocycles. The highest BCUT2D eigenvalue weighted by Gasteiger charge is 2.17. The Balaban J connectivity index is 1.88. The summed E-state index contributed by atoms with van der Waals surface area (Å²) >= 11 is 5.36. The Hall–Kier alpha value is -2.69. The van der Waals surface area contributed by atoms with Gasteiger partial charge in [-0.05, 0) is 40.2 Å². The average Bonchev–Trinajstić information content (AvgIpc) is 3.24. The Labute approximate surface area is 167 Å². The molecule has 0 bridgehead atoms. The molecule has 0 N–H and O–H groups in total. The Bertz CT molecular complexity index is 1480. The second kappa shape index (κ2) is 5.65. The molecule has 2 nitrogen and oxygen atoms in total. The maximum absolute atomic E-state index is 4.70. The smallest absolute Gasteiger partial charge is 0.137 e. The molecule has 4 heteroatoms. The summed E-state index contributed by atoms with van der Waals surface area (Å²) in [6.45, 7) is 0. The zero-order chi connectivity index (χ0) is 18.0. The zero-order valence-corrected chi connectivity index (χ0v) is 16.6. The normalized spacial score (nSPS) is 11.9. The van der Waals surface area contributed by atoms with E-state index in [1.54, 1.807) is 0 Å². The van der Waals surface area contributed by atoms with Gasteiger partial charge in [0.25, 0.3) is 0 Å². The van der Waals surface area contributed by atoms with Crippen LogP contribution in [0.3, 0.4) is 0 Å². The molecule has 0 saturated heterocycles. The predicted molar refractivity (Wildman–Crippen MR) is 119 cm³/mol. The summed E-state index contributed by atoms with van der Waals surface area (Å²) < 4.78 is 5.92. The number of benzene rings is 3. The minimum Gasteiger partial charge on any atom is -0.292 e. The standard InChI is InChI=1S/C23H13BrN2S/c24-14-9-12-21(25-13-14)26-19-7-3-1-5-15(19)17-10-11-18-16-6-2-4-8-20(16)27-23(18)22(17)26/h1-13H. The highest BCUT2D eigenvalue weighted by Crippen LogP contribution is 2.42. The van der Waals surface area contributed by atoms with Crippen molar-refractivity contribution in [2.45, 2.75) is 0 Å². The van der Waals surface area contributed by atoms with Crippen LogP contribution in [0, 0.1) is 0 Å². The van der Waals surface area contributed by atoms with Gasteiger partial charge in [0, 0.05) is 36.9 Å². The van der Waals surface area contributed by atoms with Gasteiger partial charge in [0.05, 0.1) is 15.7 Å². The monoisotopic (exact) mass is 428 g/mol. The van der Waals surface area contributed by atoms with E-state index in [0.717, 1.165) is 10.3 Å². The molecular weight excluding hydrogens is 416 g/mol. The maximum atomic E-state index is 4.70. The molecule has 0 aliphatic rings. The van der Waals surface area contributed by atoms with E-state index in [-0.39, 0.29) is 0 Å². The van der Waals surface area contributed by atoms with E-state index in [2.05, 4.69) is 87.2 Å². The second-order valence-electron chi connectivity index (χ2n) is 6.62.